The van der Waals surface area contributed by atoms with Gasteiger partial charge >= 0.3 is 0 Å². The lowest BCUT2D eigenvalue weighted by molar-refractivity contribution is 0.0558. The molecule has 176 valence electrons. The minimum Gasteiger partial charge on any atom is -0.492 e. The number of carbonyl (C=O) groups is 1. The summed E-state index contributed by atoms with van der Waals surface area (Å²) in [6, 6.07) is 9.98. The predicted molar refractivity (Wildman–Crippen MR) is 120 cm³/mol. The summed E-state index contributed by atoms with van der Waals surface area (Å²) in [5, 5.41) is 14.1. The Kier molecular flexibility index (Phi) is 6.75. The maximum atomic E-state index is 15.0. The lowest BCUT2D eigenvalue weighted by Gasteiger charge is -2.23. The minimum atomic E-state index is -0.809. The lowest BCUT2D eigenvalue weighted by atomic mass is 10.0. The second-order valence-corrected chi connectivity index (χ2v) is 7.95. The van der Waals surface area contributed by atoms with Crippen LogP contribution in [0.2, 0.25) is 0 Å². The van der Waals surface area contributed by atoms with Crippen LogP contribution in [0, 0.1) is 23.0 Å². The third kappa shape index (κ3) is 4.70. The molecule has 1 amide bonds. The number of anilines is 1. The number of halogens is 2. The van der Waals surface area contributed by atoms with Gasteiger partial charge in [0, 0.05) is 18.6 Å². The van der Waals surface area contributed by atoms with Crippen LogP contribution in [0.1, 0.15) is 40.4 Å². The maximum Gasteiger partial charge on any atom is 0.252 e. The molecule has 4 N–H and O–H groups in total. The van der Waals surface area contributed by atoms with Gasteiger partial charge in [-0.15, -0.1) is 0 Å². The average molecular weight is 467 g/mol. The van der Waals surface area contributed by atoms with Gasteiger partial charge < -0.3 is 20.9 Å². The molecule has 1 unspecified atom stereocenters. The molecule has 1 saturated heterocycles. The van der Waals surface area contributed by atoms with Gasteiger partial charge in [0.05, 0.1) is 24.8 Å². The highest BCUT2D eigenvalue weighted by Crippen LogP contribution is 2.32. The number of benzene rings is 2. The molecule has 4 rings (SSSR count). The Hall–Kier alpha value is -3.97. The summed E-state index contributed by atoms with van der Waals surface area (Å²) in [7, 11) is 0. The predicted octanol–water partition coefficient (Wildman–Crippen LogP) is 3.35. The van der Waals surface area contributed by atoms with Crippen LogP contribution in [0.15, 0.2) is 36.4 Å². The number of carbonyl (C=O) groups excluding carboxylic acids is 1. The van der Waals surface area contributed by atoms with Crippen molar-refractivity contribution in [3.05, 3.63) is 64.7 Å². The number of amides is 1. The normalized spacial score (nSPS) is 15.6. The fourth-order valence-electron chi connectivity index (χ4n) is 3.95. The molecule has 2 aromatic carbocycles. The van der Waals surface area contributed by atoms with Crippen molar-refractivity contribution in [3.8, 4) is 23.1 Å². The van der Waals surface area contributed by atoms with E-state index in [1.165, 1.54) is 12.1 Å². The highest BCUT2D eigenvalue weighted by atomic mass is 19.1. The molecule has 2 heterocycles. The number of nitrogens with two attached hydrogens (primary N) is 2. The molecule has 1 aromatic heterocycles. The Labute approximate surface area is 194 Å². The zero-order chi connectivity index (χ0) is 24.2. The van der Waals surface area contributed by atoms with E-state index in [0.717, 1.165) is 25.0 Å². The molecule has 10 heteroatoms. The highest BCUT2D eigenvalue weighted by molar-refractivity contribution is 5.95. The number of aromatic nitrogens is 2. The fraction of sp³-hybridized carbons (Fsp3) is 0.292. The first-order valence-electron chi connectivity index (χ1n) is 10.8. The van der Waals surface area contributed by atoms with Crippen LogP contribution in [0.3, 0.4) is 0 Å². The molecule has 1 aliphatic rings. The van der Waals surface area contributed by atoms with Crippen LogP contribution in [0.5, 0.6) is 5.75 Å². The van der Waals surface area contributed by atoms with Gasteiger partial charge in [0.1, 0.15) is 40.5 Å². The molecule has 0 bridgehead atoms. The maximum absolute atomic E-state index is 15.0. The molecule has 1 aliphatic heterocycles. The van der Waals surface area contributed by atoms with Crippen molar-refractivity contribution < 1.29 is 23.0 Å². The Balaban J connectivity index is 1.51. The Morgan fingerprint density at radius 1 is 1.29 bits per heavy atom. The molecule has 8 nitrogen and oxygen atoms in total. The SMILES string of the molecule is N#Cc1c(-c2ccc(CCOc3ccc(F)cc3C(N)=O)cc2F)nn(C2CCCOC2)c1N. The fourth-order valence-corrected chi connectivity index (χ4v) is 3.95. The van der Waals surface area contributed by atoms with Crippen LogP contribution < -0.4 is 16.2 Å². The van der Waals surface area contributed by atoms with Crippen LogP contribution in [-0.4, -0.2) is 35.5 Å². The first-order valence-corrected chi connectivity index (χ1v) is 10.8. The number of ether oxygens (including phenoxy) is 2. The van der Waals surface area contributed by atoms with Crippen LogP contribution >= 0.6 is 0 Å². The molecule has 3 aromatic rings. The van der Waals surface area contributed by atoms with Gasteiger partial charge in [-0.05, 0) is 48.7 Å². The summed E-state index contributed by atoms with van der Waals surface area (Å²) >= 11 is 0. The first-order chi connectivity index (χ1) is 16.4. The number of nitriles is 1. The summed E-state index contributed by atoms with van der Waals surface area (Å²) in [5.74, 6) is -1.63. The average Bonchev–Trinajstić information content (AvgIpc) is 3.16. The molecule has 0 saturated carbocycles. The van der Waals surface area contributed by atoms with Crippen molar-refractivity contribution in [2.75, 3.05) is 25.6 Å². The van der Waals surface area contributed by atoms with Crippen LogP contribution in [0.25, 0.3) is 11.3 Å². The number of rotatable bonds is 7. The van der Waals surface area contributed by atoms with E-state index in [1.807, 2.05) is 6.07 Å². The quantitative estimate of drug-likeness (QED) is 0.548. The number of nitrogen functional groups attached to an aromatic ring is 1. The molecule has 34 heavy (non-hydrogen) atoms. The molecule has 1 atom stereocenters. The van der Waals surface area contributed by atoms with Crippen molar-refractivity contribution >= 4 is 11.7 Å². The van der Waals surface area contributed by atoms with Crippen molar-refractivity contribution in [3.63, 3.8) is 0 Å². The highest BCUT2D eigenvalue weighted by Gasteiger charge is 2.25. The molecule has 1 fully saturated rings. The van der Waals surface area contributed by atoms with E-state index in [2.05, 4.69) is 5.10 Å². The van der Waals surface area contributed by atoms with Gasteiger partial charge in [0.2, 0.25) is 0 Å². The van der Waals surface area contributed by atoms with Gasteiger partial charge in [-0.1, -0.05) is 6.07 Å². The van der Waals surface area contributed by atoms with Crippen molar-refractivity contribution in [1.29, 1.82) is 5.26 Å². The molecular formula is C24H23F2N5O3. The smallest absolute Gasteiger partial charge is 0.252 e. The summed E-state index contributed by atoms with van der Waals surface area (Å²) < 4.78 is 41.0. The zero-order valence-corrected chi connectivity index (χ0v) is 18.3. The van der Waals surface area contributed by atoms with Gasteiger partial charge in [-0.2, -0.15) is 10.4 Å². The van der Waals surface area contributed by atoms with Crippen LogP contribution in [-0.2, 0) is 11.2 Å². The largest absolute Gasteiger partial charge is 0.492 e. The summed E-state index contributed by atoms with van der Waals surface area (Å²) in [4.78, 5) is 11.5. The van der Waals surface area contributed by atoms with E-state index < -0.39 is 17.5 Å². The minimum absolute atomic E-state index is 0.0675. The van der Waals surface area contributed by atoms with Gasteiger partial charge in [0.25, 0.3) is 5.91 Å². The van der Waals surface area contributed by atoms with E-state index in [0.29, 0.717) is 25.2 Å². The third-order valence-corrected chi connectivity index (χ3v) is 5.69. The van der Waals surface area contributed by atoms with Crippen LogP contribution in [0.4, 0.5) is 14.6 Å². The Morgan fingerprint density at radius 2 is 2.12 bits per heavy atom. The van der Waals surface area contributed by atoms with Gasteiger partial charge in [-0.25, -0.2) is 13.5 Å². The molecule has 0 aliphatic carbocycles. The third-order valence-electron chi connectivity index (χ3n) is 5.69. The van der Waals surface area contributed by atoms with Gasteiger partial charge in [-0.3, -0.25) is 4.79 Å². The van der Waals surface area contributed by atoms with Crippen molar-refractivity contribution in [1.82, 2.24) is 9.78 Å². The molecular weight excluding hydrogens is 444 g/mol. The van der Waals surface area contributed by atoms with E-state index >= 15 is 4.39 Å². The number of nitrogens with zero attached hydrogens (tertiary/aromatic N) is 3. The summed E-state index contributed by atoms with van der Waals surface area (Å²) in [5.41, 5.74) is 12.4. The second kappa shape index (κ2) is 9.89. The zero-order valence-electron chi connectivity index (χ0n) is 18.3. The summed E-state index contributed by atoms with van der Waals surface area (Å²) in [6.07, 6.45) is 1.97. The second-order valence-electron chi connectivity index (χ2n) is 7.95. The topological polar surface area (TPSA) is 129 Å². The number of hydrogen-bond donors (Lipinski definition) is 2. The Morgan fingerprint density at radius 3 is 2.79 bits per heavy atom. The van der Waals surface area contributed by atoms with E-state index in [4.69, 9.17) is 20.9 Å². The lowest BCUT2D eigenvalue weighted by Crippen LogP contribution is -2.23. The van der Waals surface area contributed by atoms with Crippen molar-refractivity contribution in [2.45, 2.75) is 25.3 Å². The Bertz CT molecular complexity index is 1260. The van der Waals surface area contributed by atoms with E-state index in [9.17, 15) is 14.4 Å². The van der Waals surface area contributed by atoms with Crippen molar-refractivity contribution in [2.24, 2.45) is 5.73 Å². The number of hydrogen-bond acceptors (Lipinski definition) is 6. The van der Waals surface area contributed by atoms with Gasteiger partial charge in [0.15, 0.2) is 0 Å². The van der Waals surface area contributed by atoms with E-state index in [-0.39, 0.29) is 46.6 Å². The molecule has 0 spiro atoms. The summed E-state index contributed by atoms with van der Waals surface area (Å²) in [6.45, 7) is 1.21. The standard InChI is InChI=1S/C24H23F2N5O3/c25-15-4-6-21(18(11-15)24(29)32)34-9-7-14-3-5-17(20(26)10-14)22-19(12-27)23(28)31(30-22)16-2-1-8-33-13-16/h3-6,10-11,16H,1-2,7-9,13,28H2,(H2,29,32). The molecule has 0 radical (unpaired) electrons. The number of primary amides is 1. The monoisotopic (exact) mass is 467 g/mol. The first kappa shape index (κ1) is 23.2. The van der Waals surface area contributed by atoms with E-state index in [1.54, 1.807) is 16.8 Å².